The first-order chi connectivity index (χ1) is 12.9. The van der Waals surface area contributed by atoms with Crippen molar-refractivity contribution < 1.29 is 17.9 Å². The van der Waals surface area contributed by atoms with Crippen LogP contribution in [0.3, 0.4) is 0 Å². The van der Waals surface area contributed by atoms with Crippen molar-refractivity contribution >= 4 is 27.3 Å². The summed E-state index contributed by atoms with van der Waals surface area (Å²) in [5.41, 5.74) is 2.06. The van der Waals surface area contributed by atoms with E-state index in [9.17, 15) is 8.42 Å². The Bertz CT molecular complexity index is 925. The summed E-state index contributed by atoms with van der Waals surface area (Å²) in [4.78, 5) is 2.37. The second-order valence-corrected chi connectivity index (χ2v) is 8.64. The standard InChI is InChI=1S/C19H23ClN2O4S/c1-14-16(20)5-4-6-17(14)21-9-11-22(12-10-21)27(23,24)15-7-8-18(25-2)19(13-15)26-3/h4-8,13H,9-12H2,1-3H3. The molecule has 8 heteroatoms. The van der Waals surface area contributed by atoms with Crippen LogP contribution in [-0.4, -0.2) is 53.1 Å². The van der Waals surface area contributed by atoms with Gasteiger partial charge in [0.2, 0.25) is 10.0 Å². The smallest absolute Gasteiger partial charge is 0.243 e. The molecule has 1 heterocycles. The third kappa shape index (κ3) is 3.85. The average molecular weight is 411 g/mol. The molecule has 0 saturated carbocycles. The predicted molar refractivity (Wildman–Crippen MR) is 107 cm³/mol. The molecule has 6 nitrogen and oxygen atoms in total. The zero-order valence-corrected chi connectivity index (χ0v) is 17.2. The van der Waals surface area contributed by atoms with E-state index in [2.05, 4.69) is 4.90 Å². The quantitative estimate of drug-likeness (QED) is 0.757. The van der Waals surface area contributed by atoms with Crippen molar-refractivity contribution in [1.82, 2.24) is 4.31 Å². The van der Waals surface area contributed by atoms with Crippen LogP contribution in [-0.2, 0) is 10.0 Å². The van der Waals surface area contributed by atoms with Gasteiger partial charge in [-0.05, 0) is 36.8 Å². The lowest BCUT2D eigenvalue weighted by Crippen LogP contribution is -2.48. The summed E-state index contributed by atoms with van der Waals surface area (Å²) < 4.78 is 37.9. The van der Waals surface area contributed by atoms with Crippen LogP contribution >= 0.6 is 11.6 Å². The molecule has 1 fully saturated rings. The molecule has 0 N–H and O–H groups in total. The summed E-state index contributed by atoms with van der Waals surface area (Å²) in [6.45, 7) is 4.00. The number of piperazine rings is 1. The number of hydrogen-bond donors (Lipinski definition) is 0. The van der Waals surface area contributed by atoms with Crippen molar-refractivity contribution in [1.29, 1.82) is 0 Å². The summed E-state index contributed by atoms with van der Waals surface area (Å²) in [7, 11) is -0.595. The largest absolute Gasteiger partial charge is 0.493 e. The van der Waals surface area contributed by atoms with Crippen LogP contribution in [0.15, 0.2) is 41.3 Å². The van der Waals surface area contributed by atoms with Gasteiger partial charge in [0, 0.05) is 43.0 Å². The maximum absolute atomic E-state index is 13.0. The first-order valence-corrected chi connectivity index (χ1v) is 10.4. The molecule has 1 saturated heterocycles. The third-order valence-corrected chi connectivity index (χ3v) is 7.12. The maximum atomic E-state index is 13.0. The maximum Gasteiger partial charge on any atom is 0.243 e. The van der Waals surface area contributed by atoms with E-state index in [0.717, 1.165) is 11.3 Å². The first-order valence-electron chi connectivity index (χ1n) is 8.60. The van der Waals surface area contributed by atoms with Crippen LogP contribution in [0.2, 0.25) is 5.02 Å². The predicted octanol–water partition coefficient (Wildman–Crippen LogP) is 3.18. The Morgan fingerprint density at radius 3 is 2.26 bits per heavy atom. The molecule has 2 aromatic carbocycles. The van der Waals surface area contributed by atoms with E-state index in [0.29, 0.717) is 42.7 Å². The molecule has 2 aromatic rings. The zero-order valence-electron chi connectivity index (χ0n) is 15.6. The number of halogens is 1. The Balaban J connectivity index is 1.78. The summed E-state index contributed by atoms with van der Waals surface area (Å²) in [6.07, 6.45) is 0. The van der Waals surface area contributed by atoms with Crippen molar-refractivity contribution in [2.45, 2.75) is 11.8 Å². The van der Waals surface area contributed by atoms with Gasteiger partial charge >= 0.3 is 0 Å². The number of rotatable bonds is 5. The van der Waals surface area contributed by atoms with Gasteiger partial charge in [-0.1, -0.05) is 17.7 Å². The summed E-state index contributed by atoms with van der Waals surface area (Å²) in [6, 6.07) is 10.4. The van der Waals surface area contributed by atoms with E-state index in [-0.39, 0.29) is 4.90 Å². The van der Waals surface area contributed by atoms with Crippen LogP contribution < -0.4 is 14.4 Å². The number of methoxy groups -OCH3 is 2. The Labute approximate surface area is 165 Å². The van der Waals surface area contributed by atoms with Crippen LogP contribution in [0.25, 0.3) is 0 Å². The molecule has 146 valence electrons. The van der Waals surface area contributed by atoms with Crippen molar-refractivity contribution in [3.8, 4) is 11.5 Å². The minimum atomic E-state index is -3.60. The SMILES string of the molecule is COc1ccc(S(=O)(=O)N2CCN(c3cccc(Cl)c3C)CC2)cc1OC. The van der Waals surface area contributed by atoms with Gasteiger partial charge in [0.15, 0.2) is 11.5 Å². The van der Waals surface area contributed by atoms with Gasteiger partial charge in [-0.15, -0.1) is 0 Å². The Kier molecular flexibility index (Phi) is 5.83. The summed E-state index contributed by atoms with van der Waals surface area (Å²) in [5.74, 6) is 0.893. The number of ether oxygens (including phenoxy) is 2. The Morgan fingerprint density at radius 1 is 0.963 bits per heavy atom. The number of sulfonamides is 1. The highest BCUT2D eigenvalue weighted by Crippen LogP contribution is 2.32. The van der Waals surface area contributed by atoms with Gasteiger partial charge < -0.3 is 14.4 Å². The van der Waals surface area contributed by atoms with Gasteiger partial charge in [0.25, 0.3) is 0 Å². The van der Waals surface area contributed by atoms with E-state index < -0.39 is 10.0 Å². The molecule has 1 aliphatic rings. The van der Waals surface area contributed by atoms with Gasteiger partial charge in [0.05, 0.1) is 19.1 Å². The van der Waals surface area contributed by atoms with Crippen LogP contribution in [0.5, 0.6) is 11.5 Å². The van der Waals surface area contributed by atoms with Gasteiger partial charge in [-0.2, -0.15) is 4.31 Å². The molecule has 27 heavy (non-hydrogen) atoms. The first kappa shape index (κ1) is 19.8. The highest BCUT2D eigenvalue weighted by atomic mass is 35.5. The molecule has 0 unspecified atom stereocenters. The molecular weight excluding hydrogens is 388 g/mol. The van der Waals surface area contributed by atoms with E-state index in [1.807, 2.05) is 25.1 Å². The second kappa shape index (κ2) is 7.96. The lowest BCUT2D eigenvalue weighted by molar-refractivity contribution is 0.353. The lowest BCUT2D eigenvalue weighted by Gasteiger charge is -2.36. The Hall–Kier alpha value is -1.96. The van der Waals surface area contributed by atoms with Crippen molar-refractivity contribution in [2.75, 3.05) is 45.3 Å². The molecular formula is C19H23ClN2O4S. The normalized spacial score (nSPS) is 15.6. The van der Waals surface area contributed by atoms with E-state index in [1.54, 1.807) is 12.1 Å². The van der Waals surface area contributed by atoms with Crippen LogP contribution in [0, 0.1) is 6.92 Å². The highest BCUT2D eigenvalue weighted by molar-refractivity contribution is 7.89. The van der Waals surface area contributed by atoms with Crippen LogP contribution in [0.4, 0.5) is 5.69 Å². The van der Waals surface area contributed by atoms with Crippen molar-refractivity contribution in [2.24, 2.45) is 0 Å². The average Bonchev–Trinajstić information content (AvgIpc) is 2.69. The number of hydrogen-bond acceptors (Lipinski definition) is 5. The lowest BCUT2D eigenvalue weighted by atomic mass is 10.1. The zero-order chi connectivity index (χ0) is 19.6. The minimum Gasteiger partial charge on any atom is -0.493 e. The van der Waals surface area contributed by atoms with Gasteiger partial charge in [-0.3, -0.25) is 0 Å². The van der Waals surface area contributed by atoms with Crippen molar-refractivity contribution in [3.63, 3.8) is 0 Å². The highest BCUT2D eigenvalue weighted by Gasteiger charge is 2.29. The van der Waals surface area contributed by atoms with E-state index in [4.69, 9.17) is 21.1 Å². The molecule has 0 atom stereocenters. The molecule has 0 bridgehead atoms. The van der Waals surface area contributed by atoms with Gasteiger partial charge in [-0.25, -0.2) is 8.42 Å². The fourth-order valence-electron chi connectivity index (χ4n) is 3.23. The molecule has 0 spiro atoms. The fourth-order valence-corrected chi connectivity index (χ4v) is 4.84. The minimum absolute atomic E-state index is 0.201. The molecule has 0 aliphatic carbocycles. The number of nitrogens with zero attached hydrogens (tertiary/aromatic N) is 2. The third-order valence-electron chi connectivity index (χ3n) is 4.81. The molecule has 0 aromatic heterocycles. The monoisotopic (exact) mass is 410 g/mol. The molecule has 3 rings (SSSR count). The van der Waals surface area contributed by atoms with Crippen LogP contribution in [0.1, 0.15) is 5.56 Å². The summed E-state index contributed by atoms with van der Waals surface area (Å²) >= 11 is 6.21. The summed E-state index contributed by atoms with van der Waals surface area (Å²) in [5, 5.41) is 0.716. The second-order valence-electron chi connectivity index (χ2n) is 6.29. The topological polar surface area (TPSA) is 59.1 Å². The molecule has 0 radical (unpaired) electrons. The van der Waals surface area contributed by atoms with Gasteiger partial charge in [0.1, 0.15) is 0 Å². The van der Waals surface area contributed by atoms with Crippen molar-refractivity contribution in [3.05, 3.63) is 47.0 Å². The number of benzene rings is 2. The van der Waals surface area contributed by atoms with E-state index in [1.165, 1.54) is 24.6 Å². The molecule has 0 amide bonds. The Morgan fingerprint density at radius 2 is 1.63 bits per heavy atom. The fraction of sp³-hybridized carbons (Fsp3) is 0.368. The number of anilines is 1. The van der Waals surface area contributed by atoms with E-state index >= 15 is 0 Å². The molecule has 1 aliphatic heterocycles.